The van der Waals surface area contributed by atoms with E-state index in [0.717, 1.165) is 19.3 Å². The fraction of sp³-hybridized carbons (Fsp3) is 0.875. The fourth-order valence-corrected chi connectivity index (χ4v) is 1.77. The van der Waals surface area contributed by atoms with Crippen molar-refractivity contribution in [3.63, 3.8) is 0 Å². The zero-order valence-corrected chi connectivity index (χ0v) is 15.1. The molecular weight excluding hydrogens is 316 g/mol. The number of alkyl carbamates (subject to hydrolysis) is 1. The van der Waals surface area contributed by atoms with Crippen molar-refractivity contribution in [2.24, 2.45) is 0 Å². The molecule has 0 saturated carbocycles. The number of nitrogens with one attached hydrogen (secondary N) is 2. The van der Waals surface area contributed by atoms with Crippen molar-refractivity contribution in [2.45, 2.75) is 38.7 Å². The number of carbonyl (C=O) groups excluding carboxylic acids is 2. The maximum Gasteiger partial charge on any atom is 0.407 e. The molecule has 8 heteroatoms. The summed E-state index contributed by atoms with van der Waals surface area (Å²) in [5.41, 5.74) is 0. The number of hydrogen-bond donors (Lipinski definition) is 2. The lowest BCUT2D eigenvalue weighted by Gasteiger charge is -2.14. The highest BCUT2D eigenvalue weighted by atomic mass is 16.6. The van der Waals surface area contributed by atoms with Gasteiger partial charge in [0.1, 0.15) is 19.3 Å². The second-order valence-electron chi connectivity index (χ2n) is 5.30. The van der Waals surface area contributed by atoms with Gasteiger partial charge >= 0.3 is 6.09 Å². The van der Waals surface area contributed by atoms with Gasteiger partial charge in [-0.05, 0) is 12.8 Å². The van der Waals surface area contributed by atoms with Crippen LogP contribution in [-0.4, -0.2) is 71.8 Å². The van der Waals surface area contributed by atoms with E-state index in [9.17, 15) is 9.59 Å². The molecule has 0 radical (unpaired) electrons. The Bertz CT molecular complexity index is 328. The van der Waals surface area contributed by atoms with Gasteiger partial charge in [-0.25, -0.2) is 4.79 Å². The Hall–Kier alpha value is -1.38. The smallest absolute Gasteiger partial charge is 0.407 e. The second-order valence-corrected chi connectivity index (χ2v) is 5.30. The highest BCUT2D eigenvalue weighted by Crippen LogP contribution is 1.93. The van der Waals surface area contributed by atoms with Gasteiger partial charge in [-0.15, -0.1) is 0 Å². The fourth-order valence-electron chi connectivity index (χ4n) is 1.77. The maximum absolute atomic E-state index is 11.4. The summed E-state index contributed by atoms with van der Waals surface area (Å²) in [6.45, 7) is 4.15. The minimum Gasteiger partial charge on any atom is -0.447 e. The van der Waals surface area contributed by atoms with Crippen LogP contribution in [0, 0.1) is 0 Å². The third-order valence-electron chi connectivity index (χ3n) is 3.16. The first-order valence-corrected chi connectivity index (χ1v) is 8.40. The van der Waals surface area contributed by atoms with E-state index in [1.165, 1.54) is 7.11 Å². The third-order valence-corrected chi connectivity index (χ3v) is 3.16. The molecule has 0 spiro atoms. The summed E-state index contributed by atoms with van der Waals surface area (Å²) < 4.78 is 20.2. The van der Waals surface area contributed by atoms with E-state index in [2.05, 4.69) is 17.6 Å². The van der Waals surface area contributed by atoms with Gasteiger partial charge in [-0.1, -0.05) is 19.8 Å². The van der Waals surface area contributed by atoms with E-state index in [1.54, 1.807) is 7.11 Å². The van der Waals surface area contributed by atoms with Crippen LogP contribution in [-0.2, 0) is 23.7 Å². The van der Waals surface area contributed by atoms with Crippen LogP contribution in [0.25, 0.3) is 0 Å². The molecule has 24 heavy (non-hydrogen) atoms. The summed E-state index contributed by atoms with van der Waals surface area (Å²) in [7, 11) is 3.08. The lowest BCUT2D eigenvalue weighted by Crippen LogP contribution is -2.32. The van der Waals surface area contributed by atoms with E-state index in [1.807, 2.05) is 0 Å². The first-order chi connectivity index (χ1) is 11.6. The summed E-state index contributed by atoms with van der Waals surface area (Å²) in [5, 5.41) is 5.40. The predicted octanol–water partition coefficient (Wildman–Crippen LogP) is 1.09. The number of hydrogen-bond acceptors (Lipinski definition) is 6. The molecule has 0 fully saturated rings. The summed E-state index contributed by atoms with van der Waals surface area (Å²) in [6.07, 6.45) is 3.04. The molecule has 2 N–H and O–H groups in total. The van der Waals surface area contributed by atoms with E-state index >= 15 is 0 Å². The molecule has 0 aliphatic heterocycles. The van der Waals surface area contributed by atoms with Gasteiger partial charge in [0.25, 0.3) is 0 Å². The molecule has 0 aromatic carbocycles. The molecule has 142 valence electrons. The Morgan fingerprint density at radius 1 is 1.00 bits per heavy atom. The molecule has 0 aliphatic rings. The Balaban J connectivity index is 3.45. The SMILES string of the molecule is CCCCCNC(=O)COCCCNC(=O)OCC(COC)OC. The summed E-state index contributed by atoms with van der Waals surface area (Å²) in [4.78, 5) is 22.9. The first-order valence-electron chi connectivity index (χ1n) is 8.40. The van der Waals surface area contributed by atoms with Gasteiger partial charge in [0.2, 0.25) is 5.91 Å². The molecule has 0 bridgehead atoms. The van der Waals surface area contributed by atoms with Gasteiger partial charge in [0, 0.05) is 33.9 Å². The quantitative estimate of drug-likeness (QED) is 0.430. The Labute approximate surface area is 144 Å². The molecule has 2 amide bonds. The lowest BCUT2D eigenvalue weighted by atomic mass is 10.2. The Morgan fingerprint density at radius 3 is 2.42 bits per heavy atom. The minimum absolute atomic E-state index is 0.0448. The monoisotopic (exact) mass is 348 g/mol. The van der Waals surface area contributed by atoms with Crippen molar-refractivity contribution in [3.05, 3.63) is 0 Å². The lowest BCUT2D eigenvalue weighted by molar-refractivity contribution is -0.125. The van der Waals surface area contributed by atoms with Gasteiger partial charge in [-0.2, -0.15) is 0 Å². The summed E-state index contributed by atoms with van der Waals surface area (Å²) >= 11 is 0. The molecule has 1 atom stereocenters. The largest absolute Gasteiger partial charge is 0.447 e. The topological polar surface area (TPSA) is 95.1 Å². The van der Waals surface area contributed by atoms with Gasteiger partial charge in [-0.3, -0.25) is 4.79 Å². The Kier molecular flexibility index (Phi) is 15.5. The normalized spacial score (nSPS) is 11.8. The Morgan fingerprint density at radius 2 is 1.75 bits per heavy atom. The van der Waals surface area contributed by atoms with Crippen LogP contribution in [0.2, 0.25) is 0 Å². The molecule has 8 nitrogen and oxygen atoms in total. The number of unbranched alkanes of at least 4 members (excludes halogenated alkanes) is 2. The number of carbonyl (C=O) groups is 2. The maximum atomic E-state index is 11.4. The average Bonchev–Trinajstić information content (AvgIpc) is 2.58. The first kappa shape index (κ1) is 22.6. The zero-order valence-electron chi connectivity index (χ0n) is 15.1. The molecule has 0 aromatic rings. The van der Waals surface area contributed by atoms with E-state index in [-0.39, 0.29) is 25.2 Å². The van der Waals surface area contributed by atoms with Crippen molar-refractivity contribution in [1.82, 2.24) is 10.6 Å². The van der Waals surface area contributed by atoms with Crippen LogP contribution in [0.15, 0.2) is 0 Å². The number of amides is 2. The van der Waals surface area contributed by atoms with Gasteiger partial charge in [0.05, 0.1) is 6.61 Å². The van der Waals surface area contributed by atoms with Crippen LogP contribution in [0.1, 0.15) is 32.6 Å². The second kappa shape index (κ2) is 16.5. The zero-order chi connectivity index (χ0) is 18.0. The minimum atomic E-state index is -0.512. The van der Waals surface area contributed by atoms with E-state index in [0.29, 0.717) is 32.7 Å². The average molecular weight is 348 g/mol. The van der Waals surface area contributed by atoms with Crippen LogP contribution in [0.3, 0.4) is 0 Å². The van der Waals surface area contributed by atoms with Crippen LogP contribution < -0.4 is 10.6 Å². The highest BCUT2D eigenvalue weighted by molar-refractivity contribution is 5.77. The molecule has 0 aromatic heterocycles. The number of ether oxygens (including phenoxy) is 4. The van der Waals surface area contributed by atoms with E-state index < -0.39 is 6.09 Å². The molecule has 0 rings (SSSR count). The van der Waals surface area contributed by atoms with Crippen LogP contribution >= 0.6 is 0 Å². The molecule has 0 aliphatic carbocycles. The van der Waals surface area contributed by atoms with Crippen molar-refractivity contribution in [1.29, 1.82) is 0 Å². The van der Waals surface area contributed by atoms with Gasteiger partial charge in [0.15, 0.2) is 0 Å². The van der Waals surface area contributed by atoms with Gasteiger partial charge < -0.3 is 29.6 Å². The summed E-state index contributed by atoms with van der Waals surface area (Å²) in [5.74, 6) is -0.109. The molecule has 0 saturated heterocycles. The van der Waals surface area contributed by atoms with Crippen molar-refractivity contribution in [2.75, 3.05) is 53.7 Å². The van der Waals surface area contributed by atoms with Crippen LogP contribution in [0.4, 0.5) is 4.79 Å². The molecule has 0 heterocycles. The van der Waals surface area contributed by atoms with Crippen molar-refractivity contribution >= 4 is 12.0 Å². The van der Waals surface area contributed by atoms with Crippen molar-refractivity contribution < 1.29 is 28.5 Å². The summed E-state index contributed by atoms with van der Waals surface area (Å²) in [6, 6.07) is 0. The number of methoxy groups -OCH3 is 2. The van der Waals surface area contributed by atoms with Crippen molar-refractivity contribution in [3.8, 4) is 0 Å². The standard InChI is InChI=1S/C16H32N2O6/c1-4-5-6-8-17-15(19)13-23-10-7-9-18-16(20)24-12-14(22-3)11-21-2/h14H,4-13H2,1-3H3,(H,17,19)(H,18,20). The number of rotatable bonds is 15. The highest BCUT2D eigenvalue weighted by Gasteiger charge is 2.10. The molecular formula is C16H32N2O6. The third kappa shape index (κ3) is 14.2. The van der Waals surface area contributed by atoms with Crippen LogP contribution in [0.5, 0.6) is 0 Å². The van der Waals surface area contributed by atoms with E-state index in [4.69, 9.17) is 18.9 Å². The molecule has 1 unspecified atom stereocenters. The predicted molar refractivity (Wildman–Crippen MR) is 90.0 cm³/mol.